The van der Waals surface area contributed by atoms with Crippen LogP contribution in [-0.2, 0) is 0 Å². The molecule has 0 fully saturated rings. The zero-order valence-corrected chi connectivity index (χ0v) is 11.5. The number of nitrogens with zero attached hydrogens (tertiary/aromatic N) is 1. The summed E-state index contributed by atoms with van der Waals surface area (Å²) in [7, 11) is 0. The summed E-state index contributed by atoms with van der Waals surface area (Å²) in [5.41, 5.74) is 14.7. The topological polar surface area (TPSA) is 64.9 Å². The summed E-state index contributed by atoms with van der Waals surface area (Å²) in [6.45, 7) is 4.47. The van der Waals surface area contributed by atoms with Crippen LogP contribution in [0.3, 0.4) is 0 Å². The molecule has 2 atom stereocenters. The first-order valence-electron chi connectivity index (χ1n) is 6.63. The predicted molar refractivity (Wildman–Crippen MR) is 81.0 cm³/mol. The van der Waals surface area contributed by atoms with Crippen LogP contribution < -0.4 is 11.5 Å². The minimum absolute atomic E-state index is 0.459. The monoisotopic (exact) mass is 255 g/mol. The van der Waals surface area contributed by atoms with Gasteiger partial charge in [0.05, 0.1) is 0 Å². The van der Waals surface area contributed by atoms with E-state index in [-0.39, 0.29) is 0 Å². The van der Waals surface area contributed by atoms with Crippen LogP contribution >= 0.6 is 0 Å². The van der Waals surface area contributed by atoms with Crippen LogP contribution in [0.1, 0.15) is 43.2 Å². The first-order valence-corrected chi connectivity index (χ1v) is 6.63. The van der Waals surface area contributed by atoms with E-state index in [9.17, 15) is 0 Å². The van der Waals surface area contributed by atoms with Crippen molar-refractivity contribution in [1.29, 1.82) is 0 Å². The van der Waals surface area contributed by atoms with Gasteiger partial charge < -0.3 is 11.5 Å². The fourth-order valence-electron chi connectivity index (χ4n) is 2.34. The third-order valence-corrected chi connectivity index (χ3v) is 3.59. The second-order valence-corrected chi connectivity index (χ2v) is 5.22. The Kier molecular flexibility index (Phi) is 4.05. The summed E-state index contributed by atoms with van der Waals surface area (Å²) < 4.78 is 0. The molecule has 3 nitrogen and oxygen atoms in total. The van der Waals surface area contributed by atoms with Gasteiger partial charge in [-0.3, -0.25) is 0 Å². The maximum absolute atomic E-state index is 5.71. The Bertz CT molecular complexity index is 467. The van der Waals surface area contributed by atoms with Crippen molar-refractivity contribution < 1.29 is 0 Å². The van der Waals surface area contributed by atoms with Gasteiger partial charge in [0.25, 0.3) is 0 Å². The molecule has 0 aliphatic carbocycles. The van der Waals surface area contributed by atoms with Gasteiger partial charge in [0.2, 0.25) is 0 Å². The number of nitrogens with two attached hydrogens (primary N) is 2. The Hall–Kier alpha value is -2.03. The standard InChI is InChI=1S/C16H21N3/c1-11(13-3-6-15(17)7-4-13)9-12(2)14-5-8-16(18)19-10-14/h3-8,10-12H,9,17H2,1-2H3,(H2,18,19). The van der Waals surface area contributed by atoms with E-state index < -0.39 is 0 Å². The Labute approximate surface area is 114 Å². The summed E-state index contributed by atoms with van der Waals surface area (Å²) >= 11 is 0. The smallest absolute Gasteiger partial charge is 0.123 e. The van der Waals surface area contributed by atoms with Crippen LogP contribution in [0.5, 0.6) is 0 Å². The minimum Gasteiger partial charge on any atom is -0.399 e. The van der Waals surface area contributed by atoms with Gasteiger partial charge in [-0.15, -0.1) is 0 Å². The summed E-state index contributed by atoms with van der Waals surface area (Å²) in [5.74, 6) is 1.52. The van der Waals surface area contributed by atoms with Gasteiger partial charge in [0, 0.05) is 11.9 Å². The Morgan fingerprint density at radius 1 is 0.895 bits per heavy atom. The summed E-state index contributed by atoms with van der Waals surface area (Å²) in [4.78, 5) is 4.15. The maximum atomic E-state index is 5.71. The zero-order valence-electron chi connectivity index (χ0n) is 11.5. The van der Waals surface area contributed by atoms with Gasteiger partial charge in [-0.05, 0) is 47.6 Å². The molecule has 0 saturated carbocycles. The highest BCUT2D eigenvalue weighted by molar-refractivity contribution is 5.40. The lowest BCUT2D eigenvalue weighted by Gasteiger charge is -2.18. The first-order chi connectivity index (χ1) is 9.06. The highest BCUT2D eigenvalue weighted by Gasteiger charge is 2.12. The molecule has 2 unspecified atom stereocenters. The van der Waals surface area contributed by atoms with Crippen LogP contribution in [-0.4, -0.2) is 4.98 Å². The minimum atomic E-state index is 0.459. The number of hydrogen-bond acceptors (Lipinski definition) is 3. The lowest BCUT2D eigenvalue weighted by Crippen LogP contribution is -2.02. The van der Waals surface area contributed by atoms with E-state index in [4.69, 9.17) is 11.5 Å². The predicted octanol–water partition coefficient (Wildman–Crippen LogP) is 3.54. The molecule has 0 spiro atoms. The third kappa shape index (κ3) is 3.47. The van der Waals surface area contributed by atoms with Gasteiger partial charge in [-0.25, -0.2) is 4.98 Å². The highest BCUT2D eigenvalue weighted by Crippen LogP contribution is 2.29. The first kappa shape index (κ1) is 13.4. The molecule has 2 aromatic rings. The third-order valence-electron chi connectivity index (χ3n) is 3.59. The van der Waals surface area contributed by atoms with Gasteiger partial charge in [-0.1, -0.05) is 32.0 Å². The fourth-order valence-corrected chi connectivity index (χ4v) is 2.34. The molecule has 0 saturated heterocycles. The average molecular weight is 255 g/mol. The number of rotatable bonds is 4. The van der Waals surface area contributed by atoms with Crippen LogP contribution in [0, 0.1) is 0 Å². The number of nitrogen functional groups attached to an aromatic ring is 2. The van der Waals surface area contributed by atoms with Crippen LogP contribution in [0.15, 0.2) is 42.6 Å². The molecule has 0 aliphatic rings. The molecule has 0 amide bonds. The van der Waals surface area contributed by atoms with E-state index in [0.29, 0.717) is 17.7 Å². The Balaban J connectivity index is 2.03. The van der Waals surface area contributed by atoms with E-state index in [1.165, 1.54) is 11.1 Å². The quantitative estimate of drug-likeness (QED) is 0.821. The van der Waals surface area contributed by atoms with Crippen LogP contribution in [0.4, 0.5) is 11.5 Å². The Morgan fingerprint density at radius 3 is 2.05 bits per heavy atom. The van der Waals surface area contributed by atoms with Crippen molar-refractivity contribution in [2.24, 2.45) is 0 Å². The second-order valence-electron chi connectivity index (χ2n) is 5.22. The SMILES string of the molecule is CC(CC(C)c1ccc(N)nc1)c1ccc(N)cc1. The molecule has 3 heteroatoms. The van der Waals surface area contributed by atoms with Crippen molar-refractivity contribution in [3.05, 3.63) is 53.7 Å². The van der Waals surface area contributed by atoms with Crippen molar-refractivity contribution in [2.45, 2.75) is 32.1 Å². The number of pyridine rings is 1. The van der Waals surface area contributed by atoms with Crippen molar-refractivity contribution in [3.63, 3.8) is 0 Å². The second kappa shape index (κ2) is 5.74. The Morgan fingerprint density at radius 2 is 1.47 bits per heavy atom. The van der Waals surface area contributed by atoms with Crippen molar-refractivity contribution in [3.8, 4) is 0 Å². The maximum Gasteiger partial charge on any atom is 0.123 e. The summed E-state index contributed by atoms with van der Waals surface area (Å²) in [6.07, 6.45) is 2.95. The van der Waals surface area contributed by atoms with E-state index >= 15 is 0 Å². The van der Waals surface area contributed by atoms with Gasteiger partial charge in [-0.2, -0.15) is 0 Å². The molecule has 1 heterocycles. The van der Waals surface area contributed by atoms with Crippen molar-refractivity contribution in [1.82, 2.24) is 4.98 Å². The molecule has 1 aromatic carbocycles. The fraction of sp³-hybridized carbons (Fsp3) is 0.312. The normalized spacial score (nSPS) is 14.0. The number of aromatic nitrogens is 1. The van der Waals surface area contributed by atoms with E-state index in [1.54, 1.807) is 0 Å². The van der Waals surface area contributed by atoms with Gasteiger partial charge in [0.15, 0.2) is 0 Å². The molecule has 0 bridgehead atoms. The molecule has 4 N–H and O–H groups in total. The summed E-state index contributed by atoms with van der Waals surface area (Å²) in [5, 5.41) is 0. The molecule has 0 radical (unpaired) electrons. The van der Waals surface area contributed by atoms with Crippen LogP contribution in [0.2, 0.25) is 0 Å². The molecular weight excluding hydrogens is 234 g/mol. The molecule has 1 aromatic heterocycles. The van der Waals surface area contributed by atoms with Crippen LogP contribution in [0.25, 0.3) is 0 Å². The molecule has 100 valence electrons. The summed E-state index contributed by atoms with van der Waals surface area (Å²) in [6, 6.07) is 12.0. The lowest BCUT2D eigenvalue weighted by molar-refractivity contribution is 0.592. The van der Waals surface area contributed by atoms with E-state index in [0.717, 1.165) is 12.1 Å². The highest BCUT2D eigenvalue weighted by atomic mass is 14.8. The number of hydrogen-bond donors (Lipinski definition) is 2. The van der Waals surface area contributed by atoms with Crippen molar-refractivity contribution in [2.75, 3.05) is 11.5 Å². The average Bonchev–Trinajstić information content (AvgIpc) is 2.40. The number of anilines is 2. The lowest BCUT2D eigenvalue weighted by atomic mass is 9.88. The van der Waals surface area contributed by atoms with E-state index in [1.807, 2.05) is 24.4 Å². The van der Waals surface area contributed by atoms with Gasteiger partial charge in [0.1, 0.15) is 5.82 Å². The number of benzene rings is 1. The van der Waals surface area contributed by atoms with Gasteiger partial charge >= 0.3 is 0 Å². The molecular formula is C16H21N3. The van der Waals surface area contributed by atoms with E-state index in [2.05, 4.69) is 37.0 Å². The van der Waals surface area contributed by atoms with Crippen molar-refractivity contribution >= 4 is 11.5 Å². The largest absolute Gasteiger partial charge is 0.399 e. The molecule has 2 rings (SSSR count). The molecule has 0 aliphatic heterocycles. The zero-order chi connectivity index (χ0) is 13.8. The molecule has 19 heavy (non-hydrogen) atoms.